The molecule has 4 aliphatic carbocycles. The van der Waals surface area contributed by atoms with E-state index in [1.54, 1.807) is 78.7 Å². The van der Waals surface area contributed by atoms with Gasteiger partial charge in [0.1, 0.15) is 104 Å². The number of aliphatic hydroxyl groups excluding tert-OH is 1. The number of nitrogen functional groups attached to an aromatic ring is 2. The molecule has 3 aromatic carbocycles. The summed E-state index contributed by atoms with van der Waals surface area (Å²) in [5.74, 6) is 2.48. The molecule has 10 aromatic heterocycles. The number of halogens is 8. The molecule has 111 heavy (non-hydrogen) atoms. The van der Waals surface area contributed by atoms with Gasteiger partial charge in [-0.25, -0.2) is 49.8 Å². The second kappa shape index (κ2) is 32.1. The van der Waals surface area contributed by atoms with Crippen LogP contribution in [0.15, 0.2) is 135 Å². The number of anilines is 2. The third-order valence-corrected chi connectivity index (χ3v) is 23.5. The topological polar surface area (TPSA) is 335 Å². The number of ether oxygens (including phenoxy) is 7. The number of hydrogen-bond acceptors (Lipinski definition) is 22. The number of Topliss-reactive ketones (excluding diaryl/α,β-unsaturated/α-hetero) is 2. The Hall–Kier alpha value is -7.46. The Morgan fingerprint density at radius 1 is 0.505 bits per heavy atom. The van der Waals surface area contributed by atoms with Gasteiger partial charge >= 0.3 is 0 Å². The molecule has 578 valence electrons. The van der Waals surface area contributed by atoms with Crippen LogP contribution in [-0.2, 0) is 48.2 Å². The summed E-state index contributed by atoms with van der Waals surface area (Å²) in [6.45, 7) is 12.7. The first kappa shape index (κ1) is 80.2. The van der Waals surface area contributed by atoms with Crippen molar-refractivity contribution in [2.45, 2.75) is 122 Å². The van der Waals surface area contributed by atoms with Gasteiger partial charge in [-0.05, 0) is 199 Å². The second-order valence-corrected chi connectivity index (χ2v) is 33.6. The van der Waals surface area contributed by atoms with Crippen molar-refractivity contribution < 1.29 is 47.9 Å². The molecule has 6 aliphatic rings. The summed E-state index contributed by atoms with van der Waals surface area (Å²) < 4.78 is 49.7. The van der Waals surface area contributed by atoms with Crippen LogP contribution in [-0.4, -0.2) is 153 Å². The number of nitrogens with one attached hydrogen (secondary N) is 1. The molecular weight excluding hydrogens is 1870 g/mol. The van der Waals surface area contributed by atoms with Crippen molar-refractivity contribution >= 4 is 205 Å². The summed E-state index contributed by atoms with van der Waals surface area (Å²) in [5, 5.41) is 12.9. The van der Waals surface area contributed by atoms with E-state index >= 15 is 0 Å². The number of imidazole rings is 5. The van der Waals surface area contributed by atoms with Crippen LogP contribution in [0, 0.1) is 33.8 Å². The predicted molar refractivity (Wildman–Crippen MR) is 447 cm³/mol. The molecule has 10 atom stereocenters. The van der Waals surface area contributed by atoms with Gasteiger partial charge in [0.25, 0.3) is 0 Å². The van der Waals surface area contributed by atoms with Crippen molar-refractivity contribution in [3.8, 4) is 17.2 Å². The first-order valence-corrected chi connectivity index (χ1v) is 39.9. The van der Waals surface area contributed by atoms with Gasteiger partial charge in [0.2, 0.25) is 0 Å². The fourth-order valence-corrected chi connectivity index (χ4v) is 18.5. The van der Waals surface area contributed by atoms with E-state index in [0.29, 0.717) is 78.7 Å². The van der Waals surface area contributed by atoms with E-state index in [0.717, 1.165) is 91.4 Å². The quantitative estimate of drug-likeness (QED) is 0.0652. The lowest BCUT2D eigenvalue weighted by molar-refractivity contribution is -0.169. The van der Waals surface area contributed by atoms with Gasteiger partial charge in [-0.2, -0.15) is 0 Å². The summed E-state index contributed by atoms with van der Waals surface area (Å²) in [4.78, 5) is 70.2. The van der Waals surface area contributed by atoms with Crippen molar-refractivity contribution in [3.05, 3.63) is 188 Å². The number of ketones is 2. The minimum absolute atomic E-state index is 0.0255. The first-order valence-electron chi connectivity index (χ1n) is 34.8. The van der Waals surface area contributed by atoms with Crippen LogP contribution in [0.2, 0.25) is 25.1 Å². The lowest BCUT2D eigenvalue weighted by Gasteiger charge is -2.24. The highest BCUT2D eigenvalue weighted by Gasteiger charge is 2.79. The Bertz CT molecular complexity index is 5360. The molecule has 6 N–H and O–H groups in total. The van der Waals surface area contributed by atoms with E-state index < -0.39 is 28.5 Å². The molecule has 6 fully saturated rings. The van der Waals surface area contributed by atoms with Crippen molar-refractivity contribution in [2.24, 2.45) is 22.7 Å². The number of methoxy groups -OCH3 is 3. The van der Waals surface area contributed by atoms with Crippen LogP contribution in [0.1, 0.15) is 77.1 Å². The molecule has 2 saturated heterocycles. The third-order valence-electron chi connectivity index (χ3n) is 20.4. The number of hydrogen-bond donors (Lipinski definition) is 4. The number of fused-ring (bicyclic) bond motifs is 11. The lowest BCUT2D eigenvalue weighted by atomic mass is 9.95. The maximum atomic E-state index is 12.5. The second-order valence-electron chi connectivity index (χ2n) is 28.3. The highest BCUT2D eigenvalue weighted by Crippen LogP contribution is 2.72. The monoisotopic (exact) mass is 1940 g/mol. The summed E-state index contributed by atoms with van der Waals surface area (Å²) in [5.41, 5.74) is 20.8. The standard InChI is InChI=1S/C17H17ClIN3O3.2C14H11ClIN3O.C14H13ClN4O.C11H16O4.C6H5ClN4/c1-7(23)17-5-8(17)12(13-14(17)25-16(2,3)24-13)22-6-20-11-9(18)4-10(19)21-15(11)22;3*1-20-10-4-2-9(3-5-10)7-19-8-17-13-11(15)6-12(16)18-14(13)19;1-5(12)11-4-6(11)7(13)8-9(11)15-10(2,3)14-8;7-3-1-4(8)11-6-5(3)9-2-10-6/h4,6,8,12-14H,5H2,1-3H3;2*2-6,8H,7H2,1H3;2-6,8H,7H2,1H3,(H2,16,18);6-9,13H,4H2,1-3H3;1-2H,(H3,8,9,10,11)/t8?,12-,13+,14?,17+;;;;6?,7?,8-,9?,11-;/m1...0./s1. The summed E-state index contributed by atoms with van der Waals surface area (Å²) in [6.07, 6.45) is 8.62. The zero-order valence-electron chi connectivity index (χ0n) is 60.9. The van der Waals surface area contributed by atoms with Gasteiger partial charge in [-0.1, -0.05) is 94.4 Å². The number of benzene rings is 3. The van der Waals surface area contributed by atoms with Crippen LogP contribution < -0.4 is 25.7 Å². The van der Waals surface area contributed by atoms with E-state index in [4.69, 9.17) is 103 Å². The average Bonchev–Trinajstić information content (AvgIpc) is 1.50. The van der Waals surface area contributed by atoms with Gasteiger partial charge in [0.15, 0.2) is 39.8 Å². The molecule has 0 spiro atoms. The Morgan fingerprint density at radius 2 is 0.874 bits per heavy atom. The Balaban J connectivity index is 0.000000112. The smallest absolute Gasteiger partial charge is 0.180 e. The van der Waals surface area contributed by atoms with E-state index in [2.05, 4.69) is 123 Å². The zero-order valence-corrected chi connectivity index (χ0v) is 71.2. The van der Waals surface area contributed by atoms with Crippen molar-refractivity contribution in [1.82, 2.24) is 73.1 Å². The highest BCUT2D eigenvalue weighted by molar-refractivity contribution is 14.1. The van der Waals surface area contributed by atoms with Crippen molar-refractivity contribution in [1.29, 1.82) is 0 Å². The van der Waals surface area contributed by atoms with E-state index in [1.165, 1.54) is 6.33 Å². The largest absolute Gasteiger partial charge is 0.497 e. The van der Waals surface area contributed by atoms with Gasteiger partial charge < -0.3 is 73.0 Å². The molecule has 0 amide bonds. The van der Waals surface area contributed by atoms with E-state index in [-0.39, 0.29) is 53.9 Å². The molecule has 12 heterocycles. The number of aromatic amines is 1. The molecule has 5 unspecified atom stereocenters. The number of nitrogens with zero attached hydrogens (tertiary/aromatic N) is 14. The number of nitrogens with two attached hydrogens (primary N) is 2. The van der Waals surface area contributed by atoms with Gasteiger partial charge in [0, 0.05) is 18.1 Å². The fraction of sp³-hybridized carbons (Fsp3) is 0.342. The number of H-pyrrole nitrogens is 1. The first-order chi connectivity index (χ1) is 52.9. The van der Waals surface area contributed by atoms with E-state index in [1.807, 2.05) is 131 Å². The Morgan fingerprint density at radius 3 is 1.32 bits per heavy atom. The number of pyridine rings is 5. The number of carbonyl (C=O) groups excluding carboxylic acids is 2. The molecule has 19 rings (SSSR count). The van der Waals surface area contributed by atoms with Crippen LogP contribution in [0.25, 0.3) is 55.8 Å². The van der Waals surface area contributed by atoms with Crippen LogP contribution in [0.4, 0.5) is 11.6 Å². The SMILES string of the molecule is CC(=O)[C@@]12CC1C(O)[C@@H]1OC(C)(C)OC12.CC(=O)[C@@]12CC1[C@@H](n1cnc3c(Cl)cc(I)nc31)[C@@H]1OC(C)(C)OC12.COc1ccc(Cn2cnc3c(Cl)cc(I)nc32)cc1.COc1ccc(Cn2cnc3c(Cl)cc(I)nc32)cc1.COc1ccc(Cn2cnc3c(Cl)cc(N)nc32)cc1.Nc1cc(Cl)c2[nH]cnc2n1. The average molecular weight is 1940 g/mol. The number of rotatable bonds is 12. The minimum atomic E-state index is -0.695. The van der Waals surface area contributed by atoms with Crippen LogP contribution in [0.3, 0.4) is 0 Å². The molecule has 2 aliphatic heterocycles. The maximum Gasteiger partial charge on any atom is 0.180 e. The zero-order chi connectivity index (χ0) is 78.9. The Kier molecular flexibility index (Phi) is 23.2. The number of aliphatic hydroxyl groups is 1. The maximum absolute atomic E-state index is 12.5. The van der Waals surface area contributed by atoms with Crippen LogP contribution in [0.5, 0.6) is 17.2 Å². The summed E-state index contributed by atoms with van der Waals surface area (Å²) in [6, 6.07) is 32.3. The molecular formula is C76H73Cl5I3N17O10. The van der Waals surface area contributed by atoms with Gasteiger partial charge in [-0.15, -0.1) is 0 Å². The van der Waals surface area contributed by atoms with Crippen molar-refractivity contribution in [3.63, 3.8) is 0 Å². The highest BCUT2D eigenvalue weighted by atomic mass is 127. The molecule has 27 nitrogen and oxygen atoms in total. The van der Waals surface area contributed by atoms with Gasteiger partial charge in [0.05, 0.1) is 121 Å². The van der Waals surface area contributed by atoms with Gasteiger partial charge in [-0.3, -0.25) is 9.59 Å². The van der Waals surface area contributed by atoms with Crippen LogP contribution >= 0.6 is 126 Å². The lowest BCUT2D eigenvalue weighted by Crippen LogP contribution is -2.35. The van der Waals surface area contributed by atoms with Crippen molar-refractivity contribution in [2.75, 3.05) is 32.8 Å². The fourth-order valence-electron chi connectivity index (χ4n) is 15.2. The summed E-state index contributed by atoms with van der Waals surface area (Å²) in [7, 11) is 4.96. The normalized spacial score (nSPS) is 22.9. The molecule has 0 radical (unpaired) electrons. The number of carbonyl (C=O) groups is 2. The predicted octanol–water partition coefficient (Wildman–Crippen LogP) is 15.2. The van der Waals surface area contributed by atoms with E-state index in [9.17, 15) is 14.7 Å². The minimum Gasteiger partial charge on any atom is -0.497 e. The third kappa shape index (κ3) is 16.3. The number of aromatic nitrogens is 15. The molecule has 4 saturated carbocycles. The summed E-state index contributed by atoms with van der Waals surface area (Å²) >= 11 is 37.1. The molecule has 0 bridgehead atoms. The molecule has 13 aromatic rings. The molecule has 35 heteroatoms. The Labute approximate surface area is 701 Å².